The standard InChI is InChI=1S/C21H14Cl2O3.C14H6Cl2O2/c1-26-13-10-8-12(9-11-13)21(25)15-5-3-6-16(22)18(15)20(24)14-4-2-7-17(23)19(14)21;15-9-5-1-3-7-11(9)14(18)8-4-2-6-10(16)12(8)13(7)17/h2-11,25H,1H3;1-6H. The average molecular weight is 662 g/mol. The zero-order valence-corrected chi connectivity index (χ0v) is 25.9. The maximum absolute atomic E-state index is 13.0. The Morgan fingerprint density at radius 3 is 1.50 bits per heavy atom. The molecule has 1 N–H and O–H groups in total. The van der Waals surface area contributed by atoms with Gasteiger partial charge in [-0.1, -0.05) is 107 Å². The summed E-state index contributed by atoms with van der Waals surface area (Å²) >= 11 is 24.8. The maximum atomic E-state index is 13.0. The molecule has 0 aromatic heterocycles. The lowest BCUT2D eigenvalue weighted by Crippen LogP contribution is -2.37. The van der Waals surface area contributed by atoms with Crippen molar-refractivity contribution in [3.05, 3.63) is 167 Å². The van der Waals surface area contributed by atoms with E-state index < -0.39 is 5.60 Å². The molecular formula is C35H20Cl4O5. The van der Waals surface area contributed by atoms with Gasteiger partial charge in [-0.2, -0.15) is 0 Å². The Bertz CT molecular complexity index is 1960. The molecule has 0 heterocycles. The maximum Gasteiger partial charge on any atom is 0.196 e. The Morgan fingerprint density at radius 1 is 0.545 bits per heavy atom. The molecule has 0 saturated carbocycles. The summed E-state index contributed by atoms with van der Waals surface area (Å²) in [6, 6.07) is 26.8. The van der Waals surface area contributed by atoms with Gasteiger partial charge in [-0.15, -0.1) is 0 Å². The van der Waals surface area contributed by atoms with Crippen LogP contribution in [0, 0.1) is 0 Å². The molecule has 0 amide bonds. The molecule has 0 saturated heterocycles. The second-order valence-corrected chi connectivity index (χ2v) is 11.7. The number of halogens is 4. The van der Waals surface area contributed by atoms with Crippen molar-refractivity contribution in [2.75, 3.05) is 7.11 Å². The summed E-state index contributed by atoms with van der Waals surface area (Å²) in [5, 5.41) is 13.1. The Balaban J connectivity index is 0.000000167. The van der Waals surface area contributed by atoms with Crippen LogP contribution in [0.2, 0.25) is 20.1 Å². The van der Waals surface area contributed by atoms with Crippen LogP contribution in [-0.4, -0.2) is 29.6 Å². The molecule has 1 unspecified atom stereocenters. The van der Waals surface area contributed by atoms with Crippen LogP contribution in [0.4, 0.5) is 0 Å². The fraction of sp³-hybridized carbons (Fsp3) is 0.0571. The van der Waals surface area contributed by atoms with E-state index in [1.807, 2.05) is 0 Å². The highest BCUT2D eigenvalue weighted by Gasteiger charge is 2.46. The molecule has 5 aromatic carbocycles. The van der Waals surface area contributed by atoms with Crippen LogP contribution in [0.3, 0.4) is 0 Å². The zero-order chi connectivity index (χ0) is 31.3. The highest BCUT2D eigenvalue weighted by atomic mass is 35.5. The molecule has 0 spiro atoms. The molecule has 44 heavy (non-hydrogen) atoms. The summed E-state index contributed by atoms with van der Waals surface area (Å²) in [4.78, 5) is 37.7. The number of methoxy groups -OCH3 is 1. The van der Waals surface area contributed by atoms with Crippen molar-refractivity contribution in [3.63, 3.8) is 0 Å². The molecule has 2 aliphatic rings. The summed E-state index contributed by atoms with van der Waals surface area (Å²) < 4.78 is 5.21. The summed E-state index contributed by atoms with van der Waals surface area (Å²) in [5.74, 6) is -0.100. The van der Waals surface area contributed by atoms with Gasteiger partial charge in [0.25, 0.3) is 0 Å². The summed E-state index contributed by atoms with van der Waals surface area (Å²) in [6.45, 7) is 0. The fourth-order valence-corrected chi connectivity index (χ4v) is 6.79. The first-order chi connectivity index (χ1) is 21.1. The van der Waals surface area contributed by atoms with E-state index in [4.69, 9.17) is 51.1 Å². The number of carbonyl (C=O) groups is 3. The molecule has 0 bridgehead atoms. The highest BCUT2D eigenvalue weighted by Crippen LogP contribution is 2.48. The van der Waals surface area contributed by atoms with Crippen LogP contribution < -0.4 is 4.74 Å². The fourth-order valence-electron chi connectivity index (χ4n) is 5.70. The van der Waals surface area contributed by atoms with Gasteiger partial charge in [0.1, 0.15) is 11.4 Å². The number of hydrogen-bond acceptors (Lipinski definition) is 5. The lowest BCUT2D eigenvalue weighted by Gasteiger charge is -2.37. The lowest BCUT2D eigenvalue weighted by molar-refractivity contribution is 0.0949. The predicted molar refractivity (Wildman–Crippen MR) is 171 cm³/mol. The third-order valence-electron chi connectivity index (χ3n) is 7.73. The third-order valence-corrected chi connectivity index (χ3v) is 8.99. The number of ether oxygens (including phenoxy) is 1. The van der Waals surface area contributed by atoms with Crippen LogP contribution in [0.1, 0.15) is 64.5 Å². The number of benzene rings is 5. The van der Waals surface area contributed by atoms with Crippen LogP contribution in [0.5, 0.6) is 5.75 Å². The Morgan fingerprint density at radius 2 is 0.977 bits per heavy atom. The SMILES string of the molecule is COc1ccc(C2(O)c3cccc(Cl)c3C(=O)c3cccc(Cl)c32)cc1.O=C1c2cccc(Cl)c2C(=O)c2cccc(Cl)c21. The number of aliphatic hydroxyl groups is 1. The first-order valence-corrected chi connectivity index (χ1v) is 14.8. The van der Waals surface area contributed by atoms with Crippen LogP contribution in [-0.2, 0) is 5.60 Å². The monoisotopic (exact) mass is 660 g/mol. The van der Waals surface area contributed by atoms with Gasteiger partial charge in [-0.25, -0.2) is 0 Å². The summed E-state index contributed by atoms with van der Waals surface area (Å²) in [7, 11) is 1.57. The van der Waals surface area contributed by atoms with Gasteiger partial charge in [-0.3, -0.25) is 14.4 Å². The average Bonchev–Trinajstić information content (AvgIpc) is 3.02. The third kappa shape index (κ3) is 4.64. The van der Waals surface area contributed by atoms with Crippen LogP contribution >= 0.6 is 46.4 Å². The topological polar surface area (TPSA) is 80.7 Å². The van der Waals surface area contributed by atoms with Crippen molar-refractivity contribution in [1.29, 1.82) is 0 Å². The van der Waals surface area contributed by atoms with E-state index >= 15 is 0 Å². The molecule has 5 nitrogen and oxygen atoms in total. The van der Waals surface area contributed by atoms with E-state index in [2.05, 4.69) is 0 Å². The first kappa shape index (κ1) is 30.1. The molecule has 0 radical (unpaired) electrons. The van der Waals surface area contributed by atoms with Gasteiger partial charge in [0, 0.05) is 38.4 Å². The van der Waals surface area contributed by atoms with Crippen molar-refractivity contribution in [2.24, 2.45) is 0 Å². The molecule has 7 rings (SSSR count). The molecule has 5 aromatic rings. The van der Waals surface area contributed by atoms with E-state index in [9.17, 15) is 19.5 Å². The van der Waals surface area contributed by atoms with Gasteiger partial charge in [0.2, 0.25) is 0 Å². The number of ketones is 3. The largest absolute Gasteiger partial charge is 0.497 e. The molecule has 9 heteroatoms. The van der Waals surface area contributed by atoms with Crippen molar-refractivity contribution in [3.8, 4) is 5.75 Å². The molecule has 0 aliphatic heterocycles. The number of fused-ring (bicyclic) bond motifs is 4. The van der Waals surface area contributed by atoms with Gasteiger partial charge in [0.05, 0.1) is 33.3 Å². The van der Waals surface area contributed by atoms with Crippen LogP contribution in [0.15, 0.2) is 97.1 Å². The van der Waals surface area contributed by atoms with Gasteiger partial charge in [0.15, 0.2) is 17.3 Å². The molecule has 1 atom stereocenters. The van der Waals surface area contributed by atoms with E-state index in [0.29, 0.717) is 54.7 Å². The minimum Gasteiger partial charge on any atom is -0.497 e. The van der Waals surface area contributed by atoms with Crippen molar-refractivity contribution < 1.29 is 24.2 Å². The Labute approximate surface area is 272 Å². The lowest BCUT2D eigenvalue weighted by atomic mass is 9.71. The van der Waals surface area contributed by atoms with Crippen LogP contribution in [0.25, 0.3) is 0 Å². The number of hydrogen-bond donors (Lipinski definition) is 1. The van der Waals surface area contributed by atoms with Gasteiger partial charge >= 0.3 is 0 Å². The Kier molecular flexibility index (Phi) is 7.87. The van der Waals surface area contributed by atoms with Gasteiger partial charge < -0.3 is 9.84 Å². The Hall–Kier alpha value is -3.97. The van der Waals surface area contributed by atoms with Crippen molar-refractivity contribution >= 4 is 63.8 Å². The number of carbonyl (C=O) groups excluding carboxylic acids is 3. The summed E-state index contributed by atoms with van der Waals surface area (Å²) in [6.07, 6.45) is 0. The normalized spacial score (nSPS) is 16.2. The molecule has 2 aliphatic carbocycles. The first-order valence-electron chi connectivity index (χ1n) is 13.3. The number of rotatable bonds is 2. The smallest absolute Gasteiger partial charge is 0.196 e. The van der Waals surface area contributed by atoms with Crippen molar-refractivity contribution in [1.82, 2.24) is 0 Å². The quantitative estimate of drug-likeness (QED) is 0.201. The van der Waals surface area contributed by atoms with Gasteiger partial charge in [-0.05, 0) is 42.0 Å². The second kappa shape index (κ2) is 11.5. The highest BCUT2D eigenvalue weighted by molar-refractivity contribution is 6.42. The second-order valence-electron chi connectivity index (χ2n) is 10.1. The summed E-state index contributed by atoms with van der Waals surface area (Å²) in [5.41, 5.74) is 1.54. The zero-order valence-electron chi connectivity index (χ0n) is 22.8. The van der Waals surface area contributed by atoms with Crippen molar-refractivity contribution in [2.45, 2.75) is 5.60 Å². The molecule has 0 fully saturated rings. The van der Waals surface area contributed by atoms with E-state index in [-0.39, 0.29) is 38.5 Å². The van der Waals surface area contributed by atoms with E-state index in [1.165, 1.54) is 0 Å². The predicted octanol–water partition coefficient (Wildman–Crippen LogP) is 8.60. The van der Waals surface area contributed by atoms with E-state index in [1.54, 1.807) is 104 Å². The van der Waals surface area contributed by atoms with E-state index in [0.717, 1.165) is 0 Å². The minimum atomic E-state index is -1.60. The molecule has 218 valence electrons. The molecular weight excluding hydrogens is 642 g/mol. The minimum absolute atomic E-state index is 0.249.